The molecule has 5 rings (SSSR count). The molecule has 1 aliphatic carbocycles. The molecule has 0 bridgehead atoms. The quantitative estimate of drug-likeness (QED) is 0.296. The van der Waals surface area contributed by atoms with Gasteiger partial charge in [0.25, 0.3) is 0 Å². The Morgan fingerprint density at radius 3 is 2.70 bits per heavy atom. The summed E-state index contributed by atoms with van der Waals surface area (Å²) in [6.45, 7) is 1.86. The smallest absolute Gasteiger partial charge is 0.416 e. The summed E-state index contributed by atoms with van der Waals surface area (Å²) in [6.07, 6.45) is -2.15. The number of carbonyl (C=O) groups excluding carboxylic acids is 1. The summed E-state index contributed by atoms with van der Waals surface area (Å²) in [5.41, 5.74) is 9.50. The molecule has 0 fully saturated rings. The number of nitrogens with two attached hydrogens (primary N) is 1. The molecule has 1 unspecified atom stereocenters. The normalized spacial score (nSPS) is 15.0. The molecule has 2 N–H and O–H groups in total. The van der Waals surface area contributed by atoms with Gasteiger partial charge in [-0.3, -0.25) is 4.79 Å². The summed E-state index contributed by atoms with van der Waals surface area (Å²) in [4.78, 5) is 16.3. The molecule has 0 saturated heterocycles. The lowest BCUT2D eigenvalue weighted by Crippen LogP contribution is -2.13. The number of aryl methyl sites for hydroxylation is 1. The number of halogens is 3. The number of nitrogen functional groups attached to an aromatic ring is 1. The van der Waals surface area contributed by atoms with E-state index < -0.39 is 23.8 Å². The molecule has 1 aliphatic rings. The van der Waals surface area contributed by atoms with E-state index in [1.165, 1.54) is 6.07 Å². The molecule has 0 radical (unpaired) electrons. The van der Waals surface area contributed by atoms with E-state index in [2.05, 4.69) is 4.98 Å². The van der Waals surface area contributed by atoms with Gasteiger partial charge in [0.15, 0.2) is 0 Å². The Morgan fingerprint density at radius 1 is 1.08 bits per heavy atom. The second-order valence-corrected chi connectivity index (χ2v) is 8.96. The number of hydrogen-bond acceptors (Lipinski definition) is 5. The fourth-order valence-electron chi connectivity index (χ4n) is 4.84. The second kappa shape index (κ2) is 9.76. The summed E-state index contributed by atoms with van der Waals surface area (Å²) in [5.74, 6) is -0.0403. The molecule has 4 aromatic rings. The van der Waals surface area contributed by atoms with E-state index in [-0.39, 0.29) is 18.8 Å². The van der Waals surface area contributed by atoms with Crippen LogP contribution in [0.4, 0.5) is 19.0 Å². The minimum atomic E-state index is -4.54. The van der Waals surface area contributed by atoms with Crippen molar-refractivity contribution in [2.24, 2.45) is 0 Å². The fourth-order valence-corrected chi connectivity index (χ4v) is 4.84. The van der Waals surface area contributed by atoms with Gasteiger partial charge in [-0.2, -0.15) is 13.2 Å². The van der Waals surface area contributed by atoms with E-state index in [4.69, 9.17) is 15.2 Å². The highest BCUT2D eigenvalue weighted by Gasteiger charge is 2.33. The predicted molar refractivity (Wildman–Crippen MR) is 135 cm³/mol. The molecule has 1 heterocycles. The standard InChI is InChI=1S/C29H25F3N2O3/c1-2-36-27(35)15-19-8-10-20(29(30,31)32)16-26(19)37-25-11-9-17-6-7-18(14-24(17)25)21-4-3-5-23-22(21)12-13-34-28(23)33/h3-8,10,12-14,16,25H,2,9,11,15H2,1H3,(H2,33,34). The SMILES string of the molecule is CCOC(=O)Cc1ccc(C(F)(F)F)cc1OC1CCc2ccc(-c3cccc4c(N)nccc34)cc21. The van der Waals surface area contributed by atoms with Crippen LogP contribution in [0.2, 0.25) is 0 Å². The van der Waals surface area contributed by atoms with E-state index in [1.54, 1.807) is 13.1 Å². The minimum Gasteiger partial charge on any atom is -0.485 e. The maximum Gasteiger partial charge on any atom is 0.416 e. The number of anilines is 1. The first kappa shape index (κ1) is 24.6. The first-order chi connectivity index (χ1) is 17.7. The lowest BCUT2D eigenvalue weighted by Gasteiger charge is -2.20. The number of rotatable bonds is 6. The van der Waals surface area contributed by atoms with Crippen LogP contribution in [0.5, 0.6) is 5.75 Å². The largest absolute Gasteiger partial charge is 0.485 e. The van der Waals surface area contributed by atoms with Gasteiger partial charge in [0.05, 0.1) is 18.6 Å². The Morgan fingerprint density at radius 2 is 1.92 bits per heavy atom. The Hall–Kier alpha value is -4.07. The van der Waals surface area contributed by atoms with Gasteiger partial charge in [-0.1, -0.05) is 36.4 Å². The molecule has 0 amide bonds. The Balaban J connectivity index is 1.51. The van der Waals surface area contributed by atoms with Crippen LogP contribution in [-0.2, 0) is 28.5 Å². The Bertz CT molecular complexity index is 1480. The van der Waals surface area contributed by atoms with Crippen molar-refractivity contribution in [3.05, 3.63) is 89.1 Å². The molecule has 3 aromatic carbocycles. The number of aromatic nitrogens is 1. The van der Waals surface area contributed by atoms with Gasteiger partial charge >= 0.3 is 12.1 Å². The van der Waals surface area contributed by atoms with Crippen molar-refractivity contribution in [1.82, 2.24) is 4.98 Å². The van der Waals surface area contributed by atoms with Crippen molar-refractivity contribution in [3.8, 4) is 16.9 Å². The highest BCUT2D eigenvalue weighted by atomic mass is 19.4. The van der Waals surface area contributed by atoms with Gasteiger partial charge < -0.3 is 15.2 Å². The Kier molecular flexibility index (Phi) is 6.50. The van der Waals surface area contributed by atoms with Gasteiger partial charge in [-0.25, -0.2) is 4.98 Å². The molecule has 0 saturated carbocycles. The number of fused-ring (bicyclic) bond motifs is 2. The highest BCUT2D eigenvalue weighted by molar-refractivity contribution is 6.01. The summed E-state index contributed by atoms with van der Waals surface area (Å²) in [7, 11) is 0. The number of ether oxygens (including phenoxy) is 2. The number of alkyl halides is 3. The van der Waals surface area contributed by atoms with Crippen LogP contribution < -0.4 is 10.5 Å². The van der Waals surface area contributed by atoms with Crippen LogP contribution in [0.15, 0.2) is 66.9 Å². The number of hydrogen-bond donors (Lipinski definition) is 1. The minimum absolute atomic E-state index is 0.0372. The lowest BCUT2D eigenvalue weighted by atomic mass is 9.96. The molecular formula is C29H25F3N2O3. The number of benzene rings is 3. The van der Waals surface area contributed by atoms with E-state index >= 15 is 0 Å². The average Bonchev–Trinajstić information content (AvgIpc) is 3.26. The van der Waals surface area contributed by atoms with Crippen LogP contribution in [0, 0.1) is 0 Å². The summed E-state index contributed by atoms with van der Waals surface area (Å²) >= 11 is 0. The molecule has 5 nitrogen and oxygen atoms in total. The Labute approximate surface area is 212 Å². The monoisotopic (exact) mass is 506 g/mol. The van der Waals surface area contributed by atoms with Crippen molar-refractivity contribution >= 4 is 22.6 Å². The second-order valence-electron chi connectivity index (χ2n) is 8.96. The first-order valence-corrected chi connectivity index (χ1v) is 12.0. The van der Waals surface area contributed by atoms with E-state index in [0.29, 0.717) is 17.8 Å². The average molecular weight is 507 g/mol. The first-order valence-electron chi connectivity index (χ1n) is 12.0. The third-order valence-corrected chi connectivity index (χ3v) is 6.62. The topological polar surface area (TPSA) is 74.4 Å². The number of carbonyl (C=O) groups is 1. The third-order valence-electron chi connectivity index (χ3n) is 6.62. The molecule has 8 heteroatoms. The molecule has 37 heavy (non-hydrogen) atoms. The van der Waals surface area contributed by atoms with Crippen LogP contribution in [0.25, 0.3) is 21.9 Å². The van der Waals surface area contributed by atoms with Crippen LogP contribution in [0.3, 0.4) is 0 Å². The number of esters is 1. The van der Waals surface area contributed by atoms with Gasteiger partial charge in [0.2, 0.25) is 0 Å². The highest BCUT2D eigenvalue weighted by Crippen LogP contribution is 2.41. The number of pyridine rings is 1. The number of nitrogens with zero attached hydrogens (tertiary/aromatic N) is 1. The summed E-state index contributed by atoms with van der Waals surface area (Å²) in [6, 6.07) is 17.0. The van der Waals surface area contributed by atoms with Gasteiger partial charge in [-0.15, -0.1) is 0 Å². The zero-order chi connectivity index (χ0) is 26.2. The summed E-state index contributed by atoms with van der Waals surface area (Å²) in [5, 5.41) is 1.81. The van der Waals surface area contributed by atoms with Gasteiger partial charge in [0.1, 0.15) is 17.7 Å². The van der Waals surface area contributed by atoms with Gasteiger partial charge in [-0.05, 0) is 71.7 Å². The maximum atomic E-state index is 13.5. The molecule has 1 atom stereocenters. The van der Waals surface area contributed by atoms with Crippen molar-refractivity contribution in [1.29, 1.82) is 0 Å². The molecular weight excluding hydrogens is 481 g/mol. The van der Waals surface area contributed by atoms with Gasteiger partial charge in [0, 0.05) is 17.1 Å². The van der Waals surface area contributed by atoms with E-state index in [9.17, 15) is 18.0 Å². The van der Waals surface area contributed by atoms with Crippen LogP contribution >= 0.6 is 0 Å². The van der Waals surface area contributed by atoms with E-state index in [0.717, 1.165) is 51.6 Å². The zero-order valence-electron chi connectivity index (χ0n) is 20.1. The summed E-state index contributed by atoms with van der Waals surface area (Å²) < 4.78 is 51.6. The van der Waals surface area contributed by atoms with Crippen molar-refractivity contribution < 1.29 is 27.4 Å². The predicted octanol–water partition coefficient (Wildman–Crippen LogP) is 6.67. The van der Waals surface area contributed by atoms with Crippen molar-refractivity contribution in [2.45, 2.75) is 38.5 Å². The maximum absolute atomic E-state index is 13.5. The molecule has 0 spiro atoms. The van der Waals surface area contributed by atoms with Crippen molar-refractivity contribution in [3.63, 3.8) is 0 Å². The molecule has 190 valence electrons. The molecule has 0 aliphatic heterocycles. The van der Waals surface area contributed by atoms with Crippen LogP contribution in [0.1, 0.15) is 41.7 Å². The van der Waals surface area contributed by atoms with E-state index in [1.807, 2.05) is 42.5 Å². The molecule has 1 aromatic heterocycles. The fraction of sp³-hybridized carbons (Fsp3) is 0.241. The third kappa shape index (κ3) is 4.96. The zero-order valence-corrected chi connectivity index (χ0v) is 20.1. The van der Waals surface area contributed by atoms with Crippen molar-refractivity contribution in [2.75, 3.05) is 12.3 Å². The lowest BCUT2D eigenvalue weighted by molar-refractivity contribution is -0.142. The van der Waals surface area contributed by atoms with Crippen LogP contribution in [-0.4, -0.2) is 17.6 Å².